The molecule has 0 aliphatic heterocycles. The predicted molar refractivity (Wildman–Crippen MR) is 68.5 cm³/mol. The van der Waals surface area contributed by atoms with E-state index < -0.39 is 5.60 Å². The highest BCUT2D eigenvalue weighted by atomic mass is 32.1. The topological polar surface area (TPSA) is 68.3 Å². The number of aromatic nitrogens is 1. The molecule has 1 N–H and O–H groups in total. The van der Waals surface area contributed by atoms with Gasteiger partial charge in [0.05, 0.1) is 12.1 Å². The van der Waals surface area contributed by atoms with Gasteiger partial charge < -0.3 is 10.1 Å². The summed E-state index contributed by atoms with van der Waals surface area (Å²) in [5, 5.41) is 2.65. The first-order valence-corrected chi connectivity index (χ1v) is 6.45. The molecular formula is C12H17N2O3S. The SMILES string of the molecule is Cc1n[c]sc1C(=O)NCCC(=O)OC(C)(C)C. The number of amides is 1. The number of nitrogens with one attached hydrogen (secondary N) is 1. The summed E-state index contributed by atoms with van der Waals surface area (Å²) in [5.74, 6) is -0.551. The van der Waals surface area contributed by atoms with Gasteiger partial charge in [0.2, 0.25) is 0 Å². The van der Waals surface area contributed by atoms with Gasteiger partial charge in [-0.2, -0.15) is 0 Å². The molecule has 0 unspecified atom stereocenters. The molecule has 1 aromatic heterocycles. The second kappa shape index (κ2) is 5.95. The molecule has 99 valence electrons. The van der Waals surface area contributed by atoms with Gasteiger partial charge in [0.25, 0.3) is 5.91 Å². The Morgan fingerprint density at radius 2 is 2.11 bits per heavy atom. The van der Waals surface area contributed by atoms with Crippen LogP contribution in [0.2, 0.25) is 0 Å². The van der Waals surface area contributed by atoms with Gasteiger partial charge in [-0.1, -0.05) is 0 Å². The molecule has 0 aliphatic carbocycles. The number of thiazole rings is 1. The Morgan fingerprint density at radius 3 is 2.61 bits per heavy atom. The summed E-state index contributed by atoms with van der Waals surface area (Å²) in [6, 6.07) is 0. The summed E-state index contributed by atoms with van der Waals surface area (Å²) < 4.78 is 5.13. The molecule has 0 atom stereocenters. The quantitative estimate of drug-likeness (QED) is 0.845. The smallest absolute Gasteiger partial charge is 0.308 e. The largest absolute Gasteiger partial charge is 0.460 e. The number of aryl methyl sites for hydroxylation is 1. The first-order chi connectivity index (χ1) is 8.29. The third-order valence-corrected chi connectivity index (χ3v) is 2.80. The number of hydrogen-bond donors (Lipinski definition) is 1. The lowest BCUT2D eigenvalue weighted by Crippen LogP contribution is -2.29. The molecule has 0 saturated carbocycles. The number of hydrogen-bond acceptors (Lipinski definition) is 5. The van der Waals surface area contributed by atoms with Crippen LogP contribution in [0, 0.1) is 12.4 Å². The lowest BCUT2D eigenvalue weighted by atomic mass is 10.2. The van der Waals surface area contributed by atoms with Gasteiger partial charge in [-0.25, -0.2) is 4.98 Å². The van der Waals surface area contributed by atoms with Gasteiger partial charge in [0, 0.05) is 6.54 Å². The van der Waals surface area contributed by atoms with Crippen LogP contribution in [0.4, 0.5) is 0 Å². The van der Waals surface area contributed by atoms with Crippen molar-refractivity contribution >= 4 is 23.2 Å². The Labute approximate surface area is 111 Å². The second-order valence-corrected chi connectivity index (χ2v) is 5.61. The fraction of sp³-hybridized carbons (Fsp3) is 0.583. The van der Waals surface area contributed by atoms with E-state index in [0.717, 1.165) is 11.3 Å². The van der Waals surface area contributed by atoms with Gasteiger partial charge in [-0.15, -0.1) is 11.3 Å². The third-order valence-electron chi connectivity index (χ3n) is 1.93. The minimum Gasteiger partial charge on any atom is -0.460 e. The Bertz CT molecular complexity index is 435. The minimum absolute atomic E-state index is 0.157. The van der Waals surface area contributed by atoms with E-state index in [2.05, 4.69) is 15.8 Å². The molecule has 0 fully saturated rings. The molecule has 1 amide bonds. The average molecular weight is 269 g/mol. The van der Waals surface area contributed by atoms with Crippen LogP contribution >= 0.6 is 11.3 Å². The summed E-state index contributed by atoms with van der Waals surface area (Å²) in [7, 11) is 0. The van der Waals surface area contributed by atoms with E-state index in [4.69, 9.17) is 4.74 Å². The van der Waals surface area contributed by atoms with Crippen molar-refractivity contribution in [1.82, 2.24) is 10.3 Å². The van der Waals surface area contributed by atoms with Gasteiger partial charge in [0.15, 0.2) is 5.51 Å². The summed E-state index contributed by atoms with van der Waals surface area (Å²) >= 11 is 1.16. The molecule has 6 heteroatoms. The number of carbonyl (C=O) groups excluding carboxylic acids is 2. The second-order valence-electron chi connectivity index (χ2n) is 4.81. The van der Waals surface area contributed by atoms with Crippen molar-refractivity contribution in [2.75, 3.05) is 6.54 Å². The highest BCUT2D eigenvalue weighted by Crippen LogP contribution is 2.11. The lowest BCUT2D eigenvalue weighted by Gasteiger charge is -2.19. The molecule has 0 saturated heterocycles. The third kappa shape index (κ3) is 4.83. The van der Waals surface area contributed by atoms with Crippen molar-refractivity contribution in [3.8, 4) is 0 Å². The zero-order valence-electron chi connectivity index (χ0n) is 11.0. The summed E-state index contributed by atoms with van der Waals surface area (Å²) in [5.41, 5.74) is 2.80. The fourth-order valence-electron chi connectivity index (χ4n) is 1.22. The average Bonchev–Trinajstić information content (AvgIpc) is 2.61. The first-order valence-electron chi connectivity index (χ1n) is 5.63. The summed E-state index contributed by atoms with van der Waals surface area (Å²) in [4.78, 5) is 27.5. The van der Waals surface area contributed by atoms with Crippen LogP contribution < -0.4 is 5.32 Å². The Kier molecular flexibility index (Phi) is 4.84. The van der Waals surface area contributed by atoms with Crippen LogP contribution in [0.15, 0.2) is 0 Å². The maximum absolute atomic E-state index is 11.7. The molecule has 0 aliphatic rings. The molecule has 0 spiro atoms. The molecule has 18 heavy (non-hydrogen) atoms. The molecule has 1 aromatic rings. The molecule has 1 radical (unpaired) electrons. The number of carbonyl (C=O) groups is 2. The van der Waals surface area contributed by atoms with Crippen molar-refractivity contribution in [1.29, 1.82) is 0 Å². The van der Waals surface area contributed by atoms with Gasteiger partial charge in [0.1, 0.15) is 10.5 Å². The Morgan fingerprint density at radius 1 is 1.44 bits per heavy atom. The maximum Gasteiger partial charge on any atom is 0.308 e. The normalized spacial score (nSPS) is 11.1. The highest BCUT2D eigenvalue weighted by molar-refractivity contribution is 7.11. The van der Waals surface area contributed by atoms with Crippen LogP contribution in [0.5, 0.6) is 0 Å². The van der Waals surface area contributed by atoms with E-state index in [0.29, 0.717) is 10.6 Å². The molecule has 0 bridgehead atoms. The van der Waals surface area contributed by atoms with Crippen molar-refractivity contribution in [3.63, 3.8) is 0 Å². The van der Waals surface area contributed by atoms with Crippen LogP contribution in [-0.2, 0) is 9.53 Å². The molecule has 1 heterocycles. The Balaban J connectivity index is 2.33. The van der Waals surface area contributed by atoms with Crippen molar-refractivity contribution < 1.29 is 14.3 Å². The van der Waals surface area contributed by atoms with Gasteiger partial charge >= 0.3 is 5.97 Å². The number of rotatable bonds is 4. The van der Waals surface area contributed by atoms with Crippen LogP contribution in [0.3, 0.4) is 0 Å². The fourth-order valence-corrected chi connectivity index (χ4v) is 1.86. The maximum atomic E-state index is 11.7. The number of ether oxygens (including phenoxy) is 1. The van der Waals surface area contributed by atoms with Crippen molar-refractivity contribution in [2.45, 2.75) is 39.7 Å². The standard InChI is InChI=1S/C12H17N2O3S/c1-8-10(18-7-14-8)11(16)13-6-5-9(15)17-12(2,3)4/h5-6H2,1-4H3,(H,13,16). The van der Waals surface area contributed by atoms with E-state index in [-0.39, 0.29) is 24.8 Å². The van der Waals surface area contributed by atoms with Gasteiger partial charge in [-0.05, 0) is 27.7 Å². The lowest BCUT2D eigenvalue weighted by molar-refractivity contribution is -0.154. The van der Waals surface area contributed by atoms with E-state index in [9.17, 15) is 9.59 Å². The molecule has 0 aromatic carbocycles. The monoisotopic (exact) mass is 269 g/mol. The van der Waals surface area contributed by atoms with E-state index >= 15 is 0 Å². The van der Waals surface area contributed by atoms with E-state index in [1.54, 1.807) is 27.7 Å². The minimum atomic E-state index is -0.496. The molecular weight excluding hydrogens is 252 g/mol. The highest BCUT2D eigenvalue weighted by Gasteiger charge is 2.17. The zero-order chi connectivity index (χ0) is 13.8. The zero-order valence-corrected chi connectivity index (χ0v) is 11.8. The summed E-state index contributed by atoms with van der Waals surface area (Å²) in [6.07, 6.45) is 0.157. The predicted octanol–water partition coefficient (Wildman–Crippen LogP) is 1.71. The first kappa shape index (κ1) is 14.6. The van der Waals surface area contributed by atoms with Crippen LogP contribution in [0.25, 0.3) is 0 Å². The van der Waals surface area contributed by atoms with Crippen LogP contribution in [-0.4, -0.2) is 29.0 Å². The summed E-state index contributed by atoms with van der Waals surface area (Å²) in [6.45, 7) is 7.42. The van der Waals surface area contributed by atoms with Gasteiger partial charge in [-0.3, -0.25) is 9.59 Å². The van der Waals surface area contributed by atoms with E-state index in [1.807, 2.05) is 0 Å². The van der Waals surface area contributed by atoms with Crippen molar-refractivity contribution in [3.05, 3.63) is 16.1 Å². The van der Waals surface area contributed by atoms with Crippen LogP contribution in [0.1, 0.15) is 42.6 Å². The Hall–Kier alpha value is -1.43. The van der Waals surface area contributed by atoms with E-state index in [1.165, 1.54) is 0 Å². The number of nitrogens with zero attached hydrogens (tertiary/aromatic N) is 1. The molecule has 5 nitrogen and oxygen atoms in total. The van der Waals surface area contributed by atoms with Crippen molar-refractivity contribution in [2.24, 2.45) is 0 Å². The number of esters is 1. The molecule has 1 rings (SSSR count).